The van der Waals surface area contributed by atoms with Gasteiger partial charge in [0.25, 0.3) is 0 Å². The predicted octanol–water partition coefficient (Wildman–Crippen LogP) is 1.14. The molecule has 3 rings (SSSR count). The lowest BCUT2D eigenvalue weighted by molar-refractivity contribution is -0.0117. The molecule has 6 heteroatoms. The molecule has 6 nitrogen and oxygen atoms in total. The molecule has 110 valence electrons. The average Bonchev–Trinajstić information content (AvgIpc) is 3.29. The van der Waals surface area contributed by atoms with Gasteiger partial charge in [-0.1, -0.05) is 0 Å². The van der Waals surface area contributed by atoms with Crippen molar-refractivity contribution in [3.8, 4) is 0 Å². The Morgan fingerprint density at radius 2 is 2.15 bits per heavy atom. The summed E-state index contributed by atoms with van der Waals surface area (Å²) in [6, 6.07) is 1.96. The Hall–Kier alpha value is -1.40. The fourth-order valence-electron chi connectivity index (χ4n) is 2.42. The van der Waals surface area contributed by atoms with Crippen molar-refractivity contribution in [3.63, 3.8) is 0 Å². The van der Waals surface area contributed by atoms with Gasteiger partial charge in [-0.05, 0) is 19.9 Å². The first-order valence-electron chi connectivity index (χ1n) is 7.35. The fourth-order valence-corrected chi connectivity index (χ4v) is 2.42. The van der Waals surface area contributed by atoms with E-state index in [1.54, 1.807) is 0 Å². The number of aromatic nitrogens is 2. The van der Waals surface area contributed by atoms with Crippen LogP contribution in [0.1, 0.15) is 24.6 Å². The van der Waals surface area contributed by atoms with E-state index in [1.165, 1.54) is 12.8 Å². The van der Waals surface area contributed by atoms with Gasteiger partial charge in [0.2, 0.25) is 0 Å². The van der Waals surface area contributed by atoms with Crippen molar-refractivity contribution in [1.82, 2.24) is 14.9 Å². The van der Waals surface area contributed by atoms with E-state index >= 15 is 0 Å². The lowest BCUT2D eigenvalue weighted by Crippen LogP contribution is -2.43. The largest absolute Gasteiger partial charge is 0.374 e. The normalized spacial score (nSPS) is 23.6. The predicted molar refractivity (Wildman–Crippen MR) is 79.3 cm³/mol. The first kappa shape index (κ1) is 13.6. The first-order chi connectivity index (χ1) is 9.74. The molecular formula is C14H23N5O. The van der Waals surface area contributed by atoms with Crippen molar-refractivity contribution in [3.05, 3.63) is 11.9 Å². The maximum Gasteiger partial charge on any atom is 0.136 e. The van der Waals surface area contributed by atoms with Gasteiger partial charge in [0.1, 0.15) is 17.5 Å². The number of nitrogens with one attached hydrogen (secondary N) is 2. The highest BCUT2D eigenvalue weighted by Gasteiger charge is 2.27. The van der Waals surface area contributed by atoms with Gasteiger partial charge in [-0.2, -0.15) is 0 Å². The average molecular weight is 277 g/mol. The third-order valence-electron chi connectivity index (χ3n) is 3.79. The van der Waals surface area contributed by atoms with E-state index in [4.69, 9.17) is 4.74 Å². The van der Waals surface area contributed by atoms with Gasteiger partial charge in [-0.15, -0.1) is 0 Å². The number of ether oxygens (including phenoxy) is 1. The molecule has 0 radical (unpaired) electrons. The molecule has 1 atom stereocenters. The first-order valence-corrected chi connectivity index (χ1v) is 7.35. The van der Waals surface area contributed by atoms with Crippen LogP contribution in [0.15, 0.2) is 6.07 Å². The van der Waals surface area contributed by atoms with Crippen LogP contribution in [0.25, 0.3) is 0 Å². The Morgan fingerprint density at radius 3 is 2.85 bits per heavy atom. The van der Waals surface area contributed by atoms with Crippen LogP contribution in [0.3, 0.4) is 0 Å². The summed E-state index contributed by atoms with van der Waals surface area (Å²) in [6.07, 6.45) is 2.65. The van der Waals surface area contributed by atoms with E-state index in [0.717, 1.165) is 43.7 Å². The van der Waals surface area contributed by atoms with E-state index in [0.29, 0.717) is 5.92 Å². The van der Waals surface area contributed by atoms with E-state index in [-0.39, 0.29) is 6.10 Å². The summed E-state index contributed by atoms with van der Waals surface area (Å²) in [5.41, 5.74) is 0. The molecule has 1 aromatic heterocycles. The second-order valence-corrected chi connectivity index (χ2v) is 5.66. The minimum atomic E-state index is 0.228. The van der Waals surface area contributed by atoms with Crippen LogP contribution in [0.2, 0.25) is 0 Å². The third-order valence-corrected chi connectivity index (χ3v) is 3.79. The van der Waals surface area contributed by atoms with Crippen molar-refractivity contribution in [2.45, 2.75) is 24.9 Å². The number of morpholine rings is 1. The lowest BCUT2D eigenvalue weighted by atomic mass is 10.3. The zero-order valence-corrected chi connectivity index (χ0v) is 12.2. The molecule has 2 fully saturated rings. The molecule has 0 spiro atoms. The molecule has 1 aromatic rings. The number of hydrogen-bond donors (Lipinski definition) is 2. The van der Waals surface area contributed by atoms with Gasteiger partial charge < -0.3 is 20.3 Å². The van der Waals surface area contributed by atoms with Gasteiger partial charge in [0.15, 0.2) is 0 Å². The molecular weight excluding hydrogens is 254 g/mol. The van der Waals surface area contributed by atoms with E-state index < -0.39 is 0 Å². The second kappa shape index (κ2) is 5.93. The summed E-state index contributed by atoms with van der Waals surface area (Å²) >= 11 is 0. The highest BCUT2D eigenvalue weighted by molar-refractivity contribution is 5.47. The van der Waals surface area contributed by atoms with Gasteiger partial charge in [0.05, 0.1) is 12.7 Å². The molecule has 1 aliphatic carbocycles. The van der Waals surface area contributed by atoms with E-state index in [1.807, 2.05) is 13.1 Å². The Labute approximate surface area is 119 Å². The fraction of sp³-hybridized carbons (Fsp3) is 0.714. The Kier molecular flexibility index (Phi) is 4.03. The van der Waals surface area contributed by atoms with Gasteiger partial charge in [-0.25, -0.2) is 9.97 Å². The number of likely N-dealkylation sites (N-methyl/N-ethyl adjacent to an activating group) is 1. The molecule has 1 saturated carbocycles. The van der Waals surface area contributed by atoms with Crippen molar-refractivity contribution < 1.29 is 4.74 Å². The zero-order valence-electron chi connectivity index (χ0n) is 12.2. The SMILES string of the molecule is CNc1cc(NCC2CN(C)CCO2)nc(C2CC2)n1. The molecule has 2 heterocycles. The highest BCUT2D eigenvalue weighted by Crippen LogP contribution is 2.38. The molecule has 2 N–H and O–H groups in total. The third kappa shape index (κ3) is 3.37. The maximum atomic E-state index is 5.75. The lowest BCUT2D eigenvalue weighted by Gasteiger charge is -2.30. The van der Waals surface area contributed by atoms with Gasteiger partial charge in [-0.3, -0.25) is 0 Å². The smallest absolute Gasteiger partial charge is 0.136 e. The summed E-state index contributed by atoms with van der Waals surface area (Å²) in [4.78, 5) is 11.4. The molecule has 0 bridgehead atoms. The van der Waals surface area contributed by atoms with E-state index in [2.05, 4.69) is 32.5 Å². The summed E-state index contributed by atoms with van der Waals surface area (Å²) in [5.74, 6) is 3.29. The quantitative estimate of drug-likeness (QED) is 0.841. The standard InChI is InChI=1S/C14H23N5O/c1-15-12-7-13(18-14(17-12)10-3-4-10)16-8-11-9-19(2)5-6-20-11/h7,10-11H,3-6,8-9H2,1-2H3,(H2,15,16,17,18). The minimum absolute atomic E-state index is 0.228. The molecule has 1 aliphatic heterocycles. The molecule has 1 saturated heterocycles. The molecule has 2 aliphatic rings. The Balaban J connectivity index is 1.62. The van der Waals surface area contributed by atoms with Crippen molar-refractivity contribution in [1.29, 1.82) is 0 Å². The monoisotopic (exact) mass is 277 g/mol. The summed E-state index contributed by atoms with van der Waals surface area (Å²) < 4.78 is 5.75. The number of rotatable bonds is 5. The molecule has 20 heavy (non-hydrogen) atoms. The summed E-state index contributed by atoms with van der Waals surface area (Å²) in [7, 11) is 4.02. The summed E-state index contributed by atoms with van der Waals surface area (Å²) in [6.45, 7) is 3.57. The van der Waals surface area contributed by atoms with Gasteiger partial charge >= 0.3 is 0 Å². The minimum Gasteiger partial charge on any atom is -0.374 e. The van der Waals surface area contributed by atoms with Crippen LogP contribution < -0.4 is 10.6 Å². The van der Waals surface area contributed by atoms with Crippen molar-refractivity contribution in [2.24, 2.45) is 0 Å². The van der Waals surface area contributed by atoms with Crippen LogP contribution in [-0.4, -0.2) is 61.3 Å². The second-order valence-electron chi connectivity index (χ2n) is 5.66. The van der Waals surface area contributed by atoms with Crippen LogP contribution in [0.5, 0.6) is 0 Å². The molecule has 0 aromatic carbocycles. The van der Waals surface area contributed by atoms with Crippen molar-refractivity contribution in [2.75, 3.05) is 51.0 Å². The zero-order chi connectivity index (χ0) is 13.9. The molecule has 1 unspecified atom stereocenters. The number of anilines is 2. The number of nitrogens with zero attached hydrogens (tertiary/aromatic N) is 3. The Morgan fingerprint density at radius 1 is 1.35 bits per heavy atom. The van der Waals surface area contributed by atoms with Crippen molar-refractivity contribution >= 4 is 11.6 Å². The number of hydrogen-bond acceptors (Lipinski definition) is 6. The van der Waals surface area contributed by atoms with E-state index in [9.17, 15) is 0 Å². The highest BCUT2D eigenvalue weighted by atomic mass is 16.5. The topological polar surface area (TPSA) is 62.3 Å². The maximum absolute atomic E-state index is 5.75. The summed E-state index contributed by atoms with van der Waals surface area (Å²) in [5, 5.41) is 6.49. The van der Waals surface area contributed by atoms with Gasteiger partial charge in [0, 0.05) is 38.7 Å². The molecule has 0 amide bonds. The Bertz CT molecular complexity index is 463. The van der Waals surface area contributed by atoms with Crippen LogP contribution in [0, 0.1) is 0 Å². The van der Waals surface area contributed by atoms with Crippen LogP contribution in [0.4, 0.5) is 11.6 Å². The van der Waals surface area contributed by atoms with Crippen LogP contribution in [-0.2, 0) is 4.74 Å². The van der Waals surface area contributed by atoms with Crippen LogP contribution >= 0.6 is 0 Å².